The Labute approximate surface area is 235 Å². The molecule has 218 valence electrons. The van der Waals surface area contributed by atoms with E-state index in [4.69, 9.17) is 10.1 Å². The highest BCUT2D eigenvalue weighted by Crippen LogP contribution is 2.35. The van der Waals surface area contributed by atoms with Crippen molar-refractivity contribution in [1.29, 1.82) is 5.41 Å². The summed E-state index contributed by atoms with van der Waals surface area (Å²) in [6, 6.07) is 7.55. The lowest BCUT2D eigenvalue weighted by Crippen LogP contribution is -2.52. The molecule has 1 atom stereocenters. The van der Waals surface area contributed by atoms with Crippen molar-refractivity contribution in [2.45, 2.75) is 109 Å². The number of urea groups is 1. The topological polar surface area (TPSA) is 107 Å². The molecule has 8 heteroatoms. The van der Waals surface area contributed by atoms with Gasteiger partial charge in [0.05, 0.1) is 13.2 Å². The van der Waals surface area contributed by atoms with Crippen LogP contribution in [0.5, 0.6) is 0 Å². The van der Waals surface area contributed by atoms with E-state index in [9.17, 15) is 9.59 Å². The molecule has 0 saturated heterocycles. The number of ether oxygens (including phenoxy) is 1. The predicted molar refractivity (Wildman–Crippen MR) is 156 cm³/mol. The number of carbonyl (C=O) groups is 2. The average molecular weight is 542 g/mol. The molecule has 3 rings (SSSR count). The van der Waals surface area contributed by atoms with Gasteiger partial charge in [0.25, 0.3) is 0 Å². The third-order valence-electron chi connectivity index (χ3n) is 8.52. The van der Waals surface area contributed by atoms with Crippen molar-refractivity contribution in [2.24, 2.45) is 11.8 Å². The van der Waals surface area contributed by atoms with E-state index in [1.165, 1.54) is 75.5 Å². The third kappa shape index (κ3) is 11.2. The molecule has 0 aromatic heterocycles. The lowest BCUT2D eigenvalue weighted by atomic mass is 9.76. The predicted octanol–water partition coefficient (Wildman–Crippen LogP) is 5.70. The van der Waals surface area contributed by atoms with Gasteiger partial charge in [-0.25, -0.2) is 4.79 Å². The number of amides is 3. The molecule has 0 spiro atoms. The molecule has 3 amide bonds. The SMILES string of the molecule is COCCNC(=O)NCc1cccc(CN(C=O)C(=N)N[C@](C)(CCC2CCCCC2)CC2CCCCC2)c1. The molecule has 2 aliphatic carbocycles. The van der Waals surface area contributed by atoms with Crippen LogP contribution in [-0.4, -0.2) is 49.1 Å². The highest BCUT2D eigenvalue weighted by atomic mass is 16.5. The zero-order valence-corrected chi connectivity index (χ0v) is 24.2. The maximum Gasteiger partial charge on any atom is 0.315 e. The second-order valence-electron chi connectivity index (χ2n) is 11.9. The lowest BCUT2D eigenvalue weighted by Gasteiger charge is -2.39. The maximum atomic E-state index is 12.1. The summed E-state index contributed by atoms with van der Waals surface area (Å²) in [5, 5.41) is 18.0. The summed E-state index contributed by atoms with van der Waals surface area (Å²) >= 11 is 0. The van der Waals surface area contributed by atoms with Crippen molar-refractivity contribution >= 4 is 18.4 Å². The van der Waals surface area contributed by atoms with Crippen LogP contribution in [0.15, 0.2) is 24.3 Å². The van der Waals surface area contributed by atoms with Crippen LogP contribution < -0.4 is 16.0 Å². The monoisotopic (exact) mass is 541 g/mol. The molecule has 2 aliphatic rings. The van der Waals surface area contributed by atoms with Crippen molar-refractivity contribution < 1.29 is 14.3 Å². The zero-order valence-electron chi connectivity index (χ0n) is 24.2. The van der Waals surface area contributed by atoms with E-state index in [2.05, 4.69) is 22.9 Å². The molecule has 2 saturated carbocycles. The smallest absolute Gasteiger partial charge is 0.315 e. The molecule has 39 heavy (non-hydrogen) atoms. The molecule has 0 aliphatic heterocycles. The molecule has 1 aromatic rings. The number of hydrogen-bond donors (Lipinski definition) is 4. The van der Waals surface area contributed by atoms with Gasteiger partial charge in [-0.15, -0.1) is 0 Å². The Bertz CT molecular complexity index is 898. The van der Waals surface area contributed by atoms with Crippen molar-refractivity contribution in [2.75, 3.05) is 20.3 Å². The molecule has 8 nitrogen and oxygen atoms in total. The van der Waals surface area contributed by atoms with Crippen LogP contribution in [0, 0.1) is 17.2 Å². The summed E-state index contributed by atoms with van der Waals surface area (Å²) < 4.78 is 4.95. The number of rotatable bonds is 14. The average Bonchev–Trinajstić information content (AvgIpc) is 2.95. The van der Waals surface area contributed by atoms with Gasteiger partial charge in [0.2, 0.25) is 6.41 Å². The van der Waals surface area contributed by atoms with E-state index < -0.39 is 0 Å². The Morgan fingerprint density at radius 2 is 1.72 bits per heavy atom. The Balaban J connectivity index is 1.59. The summed E-state index contributed by atoms with van der Waals surface area (Å²) in [7, 11) is 1.59. The van der Waals surface area contributed by atoms with E-state index in [0.29, 0.717) is 32.2 Å². The Morgan fingerprint density at radius 1 is 1.05 bits per heavy atom. The Morgan fingerprint density at radius 3 is 2.38 bits per heavy atom. The highest BCUT2D eigenvalue weighted by Gasteiger charge is 2.32. The molecule has 0 heterocycles. The molecular formula is C31H51N5O3. The van der Waals surface area contributed by atoms with Crippen LogP contribution in [0.2, 0.25) is 0 Å². The summed E-state index contributed by atoms with van der Waals surface area (Å²) in [5.74, 6) is 1.66. The van der Waals surface area contributed by atoms with Gasteiger partial charge in [-0.2, -0.15) is 0 Å². The van der Waals surface area contributed by atoms with E-state index in [1.807, 2.05) is 24.3 Å². The van der Waals surface area contributed by atoms with Gasteiger partial charge in [-0.3, -0.25) is 15.1 Å². The summed E-state index contributed by atoms with van der Waals surface area (Å²) in [6.45, 7) is 3.87. The summed E-state index contributed by atoms with van der Waals surface area (Å²) in [4.78, 5) is 25.5. The van der Waals surface area contributed by atoms with E-state index in [1.54, 1.807) is 7.11 Å². The van der Waals surface area contributed by atoms with Gasteiger partial charge in [-0.1, -0.05) is 88.5 Å². The first-order valence-corrected chi connectivity index (χ1v) is 15.1. The Hall–Kier alpha value is -2.61. The number of methoxy groups -OCH3 is 1. The first-order valence-electron chi connectivity index (χ1n) is 15.1. The van der Waals surface area contributed by atoms with Crippen LogP contribution in [0.3, 0.4) is 0 Å². The fourth-order valence-electron chi connectivity index (χ4n) is 6.32. The zero-order chi connectivity index (χ0) is 27.9. The Kier molecular flexibility index (Phi) is 13.1. The lowest BCUT2D eigenvalue weighted by molar-refractivity contribution is -0.115. The van der Waals surface area contributed by atoms with E-state index in [-0.39, 0.29) is 17.5 Å². The number of carbonyl (C=O) groups excluding carboxylic acids is 2. The minimum absolute atomic E-state index is 0.174. The molecule has 0 bridgehead atoms. The van der Waals surface area contributed by atoms with Crippen LogP contribution in [0.4, 0.5) is 4.79 Å². The fraction of sp³-hybridized carbons (Fsp3) is 0.710. The number of hydrogen-bond acceptors (Lipinski definition) is 4. The second kappa shape index (κ2) is 16.5. The molecule has 0 radical (unpaired) electrons. The molecule has 1 aromatic carbocycles. The summed E-state index contributed by atoms with van der Waals surface area (Å²) in [5.41, 5.74) is 1.66. The largest absolute Gasteiger partial charge is 0.383 e. The maximum absolute atomic E-state index is 12.1. The van der Waals surface area contributed by atoms with Crippen LogP contribution in [0.25, 0.3) is 0 Å². The minimum Gasteiger partial charge on any atom is -0.383 e. The first-order chi connectivity index (χ1) is 18.9. The molecule has 2 fully saturated rings. The van der Waals surface area contributed by atoms with E-state index >= 15 is 0 Å². The number of nitrogens with one attached hydrogen (secondary N) is 4. The first kappa shape index (κ1) is 30.9. The van der Waals surface area contributed by atoms with Crippen LogP contribution in [0.1, 0.15) is 102 Å². The second-order valence-corrected chi connectivity index (χ2v) is 11.9. The highest BCUT2D eigenvalue weighted by molar-refractivity contribution is 5.87. The third-order valence-corrected chi connectivity index (χ3v) is 8.52. The molecule has 4 N–H and O–H groups in total. The normalized spacial score (nSPS) is 18.1. The van der Waals surface area contributed by atoms with Crippen molar-refractivity contribution in [3.8, 4) is 0 Å². The van der Waals surface area contributed by atoms with Gasteiger partial charge in [0, 0.05) is 25.7 Å². The van der Waals surface area contributed by atoms with Gasteiger partial charge >= 0.3 is 6.03 Å². The van der Waals surface area contributed by atoms with Crippen molar-refractivity contribution in [3.63, 3.8) is 0 Å². The number of nitrogens with zero attached hydrogens (tertiary/aromatic N) is 1. The van der Waals surface area contributed by atoms with Gasteiger partial charge in [-0.05, 0) is 49.1 Å². The van der Waals surface area contributed by atoms with Gasteiger partial charge < -0.3 is 20.7 Å². The van der Waals surface area contributed by atoms with Crippen LogP contribution >= 0.6 is 0 Å². The van der Waals surface area contributed by atoms with Gasteiger partial charge in [0.1, 0.15) is 0 Å². The van der Waals surface area contributed by atoms with Crippen molar-refractivity contribution in [1.82, 2.24) is 20.9 Å². The van der Waals surface area contributed by atoms with Crippen LogP contribution in [-0.2, 0) is 22.6 Å². The standard InChI is InChI=1S/C31H51N5O3/c1-31(21-26-12-7-4-8-13-26,17-16-25-10-5-3-6-11-25)35-29(32)36(24-37)23-28-15-9-14-27(20-28)22-34-30(38)33-18-19-39-2/h9,14-15,20,24-26H,3-8,10-13,16-19,21-23H2,1-2H3,(H2,32,35)(H2,33,34,38)/t31-/m1/s1. The number of guanidine groups is 1. The minimum atomic E-state index is -0.247. The quantitative estimate of drug-likeness (QED) is 0.105. The van der Waals surface area contributed by atoms with Gasteiger partial charge in [0.15, 0.2) is 5.96 Å². The molecule has 0 unspecified atom stereocenters. The van der Waals surface area contributed by atoms with E-state index in [0.717, 1.165) is 36.3 Å². The fourth-order valence-corrected chi connectivity index (χ4v) is 6.32. The number of benzene rings is 1. The summed E-state index contributed by atoms with van der Waals surface area (Å²) in [6.07, 6.45) is 17.3. The van der Waals surface area contributed by atoms with Crippen molar-refractivity contribution in [3.05, 3.63) is 35.4 Å². The molecular weight excluding hydrogens is 490 g/mol.